The lowest BCUT2D eigenvalue weighted by Gasteiger charge is -2.28. The van der Waals surface area contributed by atoms with Gasteiger partial charge >= 0.3 is 0 Å². The summed E-state index contributed by atoms with van der Waals surface area (Å²) in [7, 11) is 1.44. The third-order valence-electron chi connectivity index (χ3n) is 8.69. The van der Waals surface area contributed by atoms with Gasteiger partial charge in [0.25, 0.3) is 11.8 Å². The smallest absolute Gasteiger partial charge is 0.277 e. The van der Waals surface area contributed by atoms with Gasteiger partial charge in [0.15, 0.2) is 0 Å². The van der Waals surface area contributed by atoms with E-state index in [1.165, 1.54) is 54.8 Å². The third-order valence-corrected chi connectivity index (χ3v) is 8.69. The first-order chi connectivity index (χ1) is 30.3. The molecule has 0 aliphatic heterocycles. The number of aryl methyl sites for hydroxylation is 2. The van der Waals surface area contributed by atoms with Gasteiger partial charge in [-0.2, -0.15) is 5.10 Å². The van der Waals surface area contributed by atoms with Gasteiger partial charge < -0.3 is 48.4 Å². The van der Waals surface area contributed by atoms with Crippen LogP contribution in [-0.2, 0) is 11.3 Å². The molecule has 0 saturated carbocycles. The number of aldehydes is 1. The van der Waals surface area contributed by atoms with Crippen molar-refractivity contribution in [2.75, 3.05) is 56.4 Å². The number of hydrogen-bond donors (Lipinski definition) is 6. The number of allylic oxidation sites excluding steroid dienone is 2. The Bertz CT molecular complexity index is 2340. The summed E-state index contributed by atoms with van der Waals surface area (Å²) < 4.78 is 13.4. The molecule has 20 nitrogen and oxygen atoms in total. The van der Waals surface area contributed by atoms with E-state index in [1.807, 2.05) is 6.92 Å². The third kappa shape index (κ3) is 14.0. The lowest BCUT2D eigenvalue weighted by molar-refractivity contribution is -0.114. The highest BCUT2D eigenvalue weighted by Crippen LogP contribution is 2.41. The van der Waals surface area contributed by atoms with Crippen molar-refractivity contribution in [2.24, 2.45) is 48.6 Å². The zero-order chi connectivity index (χ0) is 46.5. The van der Waals surface area contributed by atoms with Crippen LogP contribution in [0.25, 0.3) is 0 Å². The quantitative estimate of drug-likeness (QED) is 0.0249. The Morgan fingerprint density at radius 2 is 1.71 bits per heavy atom. The molecule has 3 aromatic rings. The largest absolute Gasteiger partial charge is 0.494 e. The molecule has 0 spiro atoms. The molecule has 334 valence electrons. The highest BCUT2D eigenvalue weighted by Gasteiger charge is 2.28. The summed E-state index contributed by atoms with van der Waals surface area (Å²) >= 11 is 0. The van der Waals surface area contributed by atoms with Crippen molar-refractivity contribution in [3.8, 4) is 11.5 Å². The molecule has 11 N–H and O–H groups in total. The van der Waals surface area contributed by atoms with Crippen molar-refractivity contribution in [3.05, 3.63) is 101 Å². The fourth-order valence-corrected chi connectivity index (χ4v) is 5.93. The second-order valence-electron chi connectivity index (χ2n) is 13.3. The van der Waals surface area contributed by atoms with Crippen molar-refractivity contribution >= 4 is 71.7 Å². The number of aromatic nitrogens is 2. The molecule has 0 unspecified atom stereocenters. The van der Waals surface area contributed by atoms with Gasteiger partial charge in [-0.25, -0.2) is 4.99 Å². The number of nitrogens with two attached hydrogens (primary N) is 5. The number of ether oxygens (including phenoxy) is 2. The highest BCUT2D eigenvalue weighted by atomic mass is 16.5. The lowest BCUT2D eigenvalue weighted by Crippen LogP contribution is -2.41. The normalized spacial score (nSPS) is 12.4. The predicted molar refractivity (Wildman–Crippen MR) is 249 cm³/mol. The van der Waals surface area contributed by atoms with Gasteiger partial charge in [0.2, 0.25) is 5.91 Å². The highest BCUT2D eigenvalue weighted by molar-refractivity contribution is 6.43. The molecule has 0 fully saturated rings. The van der Waals surface area contributed by atoms with Crippen LogP contribution < -0.4 is 53.3 Å². The molecule has 0 atom stereocenters. The molecule has 2 aromatic carbocycles. The minimum absolute atomic E-state index is 0.0149. The van der Waals surface area contributed by atoms with E-state index in [9.17, 15) is 19.2 Å². The van der Waals surface area contributed by atoms with E-state index in [0.717, 1.165) is 6.34 Å². The van der Waals surface area contributed by atoms with E-state index in [2.05, 4.69) is 37.1 Å². The van der Waals surface area contributed by atoms with Crippen LogP contribution in [0.5, 0.6) is 11.5 Å². The second-order valence-corrected chi connectivity index (χ2v) is 13.3. The SMILES string of the molecule is C=Nc1cc(C=O)cc(OC)c1N(C/C=C/CN(C(=O)c1cc(C)nn1CC)c1c(N=CN)cc(C(N)=O)cc1OC/C=C/CN=C/C(N)=C\N)CNC(=O)C(/C=C(/C)N)=NCC. The number of rotatable bonds is 24. The van der Waals surface area contributed by atoms with Crippen molar-refractivity contribution in [2.45, 2.75) is 34.2 Å². The summed E-state index contributed by atoms with van der Waals surface area (Å²) in [5, 5.41) is 7.35. The van der Waals surface area contributed by atoms with Crippen LogP contribution in [0.4, 0.5) is 22.7 Å². The van der Waals surface area contributed by atoms with Gasteiger partial charge in [0.1, 0.15) is 47.2 Å². The summed E-state index contributed by atoms with van der Waals surface area (Å²) in [6.07, 6.45) is 12.7. The maximum Gasteiger partial charge on any atom is 0.277 e. The minimum Gasteiger partial charge on any atom is -0.494 e. The second kappa shape index (κ2) is 24.9. The van der Waals surface area contributed by atoms with E-state index in [4.69, 9.17) is 38.1 Å². The van der Waals surface area contributed by atoms with Crippen LogP contribution in [0, 0.1) is 6.92 Å². The molecule has 1 aromatic heterocycles. The Balaban J connectivity index is 2.19. The molecule has 0 saturated heterocycles. The zero-order valence-corrected chi connectivity index (χ0v) is 36.2. The van der Waals surface area contributed by atoms with Crippen molar-refractivity contribution in [1.82, 2.24) is 15.1 Å². The van der Waals surface area contributed by atoms with Crippen LogP contribution in [-0.4, -0.2) is 105 Å². The summed E-state index contributed by atoms with van der Waals surface area (Å²) in [6.45, 7) is 11.6. The maximum absolute atomic E-state index is 14.7. The molecule has 3 amide bonds. The Kier molecular flexibility index (Phi) is 19.5. The molecule has 0 aliphatic carbocycles. The average Bonchev–Trinajstić information content (AvgIpc) is 3.66. The first kappa shape index (κ1) is 49.3. The van der Waals surface area contributed by atoms with Crippen LogP contribution in [0.2, 0.25) is 0 Å². The molecule has 1 heterocycles. The maximum atomic E-state index is 14.7. The van der Waals surface area contributed by atoms with Crippen LogP contribution >= 0.6 is 0 Å². The van der Waals surface area contributed by atoms with Crippen LogP contribution in [0.3, 0.4) is 0 Å². The number of amides is 3. The number of primary amides is 1. The van der Waals surface area contributed by atoms with Gasteiger partial charge in [0, 0.05) is 55.4 Å². The molecular formula is C43H56N14O6. The summed E-state index contributed by atoms with van der Waals surface area (Å²) in [5.41, 5.74) is 31.5. The van der Waals surface area contributed by atoms with Crippen molar-refractivity contribution in [1.29, 1.82) is 0 Å². The number of hydrogen-bond acceptors (Lipinski definition) is 15. The predicted octanol–water partition coefficient (Wildman–Crippen LogP) is 2.95. The van der Waals surface area contributed by atoms with Gasteiger partial charge in [-0.05, 0) is 76.9 Å². The van der Waals surface area contributed by atoms with Crippen LogP contribution in [0.15, 0.2) is 98.3 Å². The van der Waals surface area contributed by atoms with Crippen molar-refractivity contribution in [3.63, 3.8) is 0 Å². The molecular weight excluding hydrogens is 809 g/mol. The lowest BCUT2D eigenvalue weighted by atomic mass is 10.1. The van der Waals surface area contributed by atoms with Crippen LogP contribution in [0.1, 0.15) is 57.7 Å². The summed E-state index contributed by atoms with van der Waals surface area (Å²) in [6, 6.07) is 7.55. The first-order valence-electron chi connectivity index (χ1n) is 19.6. The van der Waals surface area contributed by atoms with Gasteiger partial charge in [-0.1, -0.05) is 18.2 Å². The summed E-state index contributed by atoms with van der Waals surface area (Å²) in [4.78, 5) is 72.5. The molecule has 63 heavy (non-hydrogen) atoms. The van der Waals surface area contributed by atoms with Crippen molar-refractivity contribution < 1.29 is 28.7 Å². The fourth-order valence-electron chi connectivity index (χ4n) is 5.93. The minimum atomic E-state index is -0.771. The number of carbonyl (C=O) groups excluding carboxylic acids is 4. The van der Waals surface area contributed by atoms with E-state index >= 15 is 0 Å². The molecule has 20 heteroatoms. The van der Waals surface area contributed by atoms with E-state index < -0.39 is 17.7 Å². The number of aliphatic imine (C=N–C) groups is 4. The summed E-state index contributed by atoms with van der Waals surface area (Å²) in [5.74, 6) is -1.38. The Morgan fingerprint density at radius 1 is 0.968 bits per heavy atom. The Labute approximate surface area is 366 Å². The van der Waals surface area contributed by atoms with E-state index in [1.54, 1.807) is 60.7 Å². The number of nitrogens with zero attached hydrogens (tertiary/aromatic N) is 8. The molecule has 0 radical (unpaired) electrons. The average molecular weight is 865 g/mol. The number of anilines is 2. The topological polar surface area (TPSA) is 303 Å². The van der Waals surface area contributed by atoms with Gasteiger partial charge in [-0.3, -0.25) is 43.7 Å². The number of nitrogens with one attached hydrogen (secondary N) is 1. The molecule has 0 bridgehead atoms. The monoisotopic (exact) mass is 864 g/mol. The van der Waals surface area contributed by atoms with Gasteiger partial charge in [-0.15, -0.1) is 0 Å². The zero-order valence-electron chi connectivity index (χ0n) is 36.2. The number of carbonyl (C=O) groups is 4. The molecule has 0 aliphatic rings. The molecule has 3 rings (SSSR count). The van der Waals surface area contributed by atoms with E-state index in [-0.39, 0.29) is 72.8 Å². The first-order valence-corrected chi connectivity index (χ1v) is 19.6. The standard InChI is InChI=1S/C43H56N14O6/c1-7-51-35(17-28(3)46)42(60)53-27-55(39-33(49-5)19-30(25-58)20-37(39)62-6)14-10-11-15-56(43(61)36-18-29(4)54-57(36)8-2)40-34(52-26-45)21-31(41(48)59)22-38(40)63-16-12-9-13-50-24-32(47)23-44/h9-12,17-26H,5,7-8,13-16,27,44,46-47H2,1-4,6H3,(H2,45,52)(H2,48,59)(H,53,60)/b11-10+,12-9+,28-17-,32-23+,50-24?,51-35?. The Hall–Kier alpha value is -8.03. The van der Waals surface area contributed by atoms with E-state index in [0.29, 0.717) is 53.4 Å². The number of methoxy groups -OCH3 is 1. The van der Waals surface area contributed by atoms with Gasteiger partial charge in [0.05, 0.1) is 49.4 Å². The Morgan fingerprint density at radius 3 is 2.33 bits per heavy atom. The fraction of sp³-hybridized carbons (Fsp3) is 0.279. The number of benzene rings is 2.